The highest BCUT2D eigenvalue weighted by Crippen LogP contribution is 2.39. The number of fused-ring (bicyclic) bond motifs is 3. The largest absolute Gasteiger partial charge is 0.339 e. The van der Waals surface area contributed by atoms with Crippen molar-refractivity contribution in [3.63, 3.8) is 0 Å². The first-order valence-corrected chi connectivity index (χ1v) is 12.9. The molecule has 2 aliphatic rings. The molecule has 184 valence electrons. The molecule has 0 aliphatic carbocycles. The van der Waals surface area contributed by atoms with Crippen molar-refractivity contribution in [2.75, 3.05) is 26.2 Å². The highest BCUT2D eigenvalue weighted by molar-refractivity contribution is 7.15. The van der Waals surface area contributed by atoms with Crippen LogP contribution in [0.1, 0.15) is 45.7 Å². The fourth-order valence-corrected chi connectivity index (χ4v) is 6.02. The molecule has 2 amide bonds. The minimum Gasteiger partial charge on any atom is -0.339 e. The van der Waals surface area contributed by atoms with Crippen molar-refractivity contribution in [1.82, 2.24) is 24.6 Å². The van der Waals surface area contributed by atoms with Gasteiger partial charge in [0.2, 0.25) is 5.91 Å². The van der Waals surface area contributed by atoms with E-state index >= 15 is 0 Å². The zero-order valence-corrected chi connectivity index (χ0v) is 21.9. The Labute approximate surface area is 218 Å². The third-order valence-corrected chi connectivity index (χ3v) is 8.21. The summed E-state index contributed by atoms with van der Waals surface area (Å²) in [5, 5.41) is 10.5. The van der Waals surface area contributed by atoms with Crippen LogP contribution in [-0.2, 0) is 9.59 Å². The minimum atomic E-state index is -0.519. The standard InChI is InChI=1S/C26H25ClN6O2S/c1-5-21(34)31-10-12-32(13-11-31)22(35)14-20-25-30-29-17(4)33(25)26-23(15(2)16(3)36-26)24(28-20)18-6-8-19(27)9-7-18/h1,6-9,20H,10-14H2,2-4H3/t20-/m0/s1. The van der Waals surface area contributed by atoms with Crippen molar-refractivity contribution in [2.24, 2.45) is 4.99 Å². The average Bonchev–Trinajstić information content (AvgIpc) is 3.36. The van der Waals surface area contributed by atoms with Crippen LogP contribution in [-0.4, -0.2) is 68.3 Å². The van der Waals surface area contributed by atoms with Gasteiger partial charge >= 0.3 is 0 Å². The fourth-order valence-electron chi connectivity index (χ4n) is 4.68. The van der Waals surface area contributed by atoms with Gasteiger partial charge in [0.15, 0.2) is 5.82 Å². The van der Waals surface area contributed by atoms with Gasteiger partial charge in [-0.15, -0.1) is 28.0 Å². The van der Waals surface area contributed by atoms with Crippen molar-refractivity contribution in [3.8, 4) is 17.3 Å². The summed E-state index contributed by atoms with van der Waals surface area (Å²) < 4.78 is 2.04. The van der Waals surface area contributed by atoms with Gasteiger partial charge in [-0.25, -0.2) is 0 Å². The highest BCUT2D eigenvalue weighted by atomic mass is 35.5. The molecule has 2 aliphatic heterocycles. The second-order valence-electron chi connectivity index (χ2n) is 8.93. The molecule has 1 saturated heterocycles. The molecule has 0 unspecified atom stereocenters. The van der Waals surface area contributed by atoms with Gasteiger partial charge in [-0.3, -0.25) is 19.1 Å². The van der Waals surface area contributed by atoms with Crippen LogP contribution in [0.5, 0.6) is 0 Å². The molecule has 2 aromatic heterocycles. The van der Waals surface area contributed by atoms with Gasteiger partial charge in [0.1, 0.15) is 16.9 Å². The minimum absolute atomic E-state index is 0.0441. The number of benzene rings is 1. The molecule has 0 bridgehead atoms. The van der Waals surface area contributed by atoms with E-state index in [1.807, 2.05) is 35.8 Å². The summed E-state index contributed by atoms with van der Waals surface area (Å²) >= 11 is 7.85. The predicted octanol–water partition coefficient (Wildman–Crippen LogP) is 3.49. The number of nitrogens with zero attached hydrogens (tertiary/aromatic N) is 6. The van der Waals surface area contributed by atoms with E-state index in [4.69, 9.17) is 23.0 Å². The van der Waals surface area contributed by atoms with E-state index in [-0.39, 0.29) is 18.2 Å². The third kappa shape index (κ3) is 4.21. The lowest BCUT2D eigenvalue weighted by atomic mass is 9.99. The maximum Gasteiger partial charge on any atom is 0.298 e. The number of terminal acetylenes is 1. The van der Waals surface area contributed by atoms with Crippen LogP contribution in [0.2, 0.25) is 5.02 Å². The highest BCUT2D eigenvalue weighted by Gasteiger charge is 2.34. The van der Waals surface area contributed by atoms with Crippen LogP contribution < -0.4 is 0 Å². The number of thiophene rings is 1. The van der Waals surface area contributed by atoms with Crippen LogP contribution >= 0.6 is 22.9 Å². The lowest BCUT2D eigenvalue weighted by molar-refractivity contribution is -0.137. The van der Waals surface area contributed by atoms with E-state index in [1.165, 1.54) is 4.88 Å². The third-order valence-electron chi connectivity index (χ3n) is 6.77. The summed E-state index contributed by atoms with van der Waals surface area (Å²) in [5.74, 6) is 3.15. The number of amides is 2. The predicted molar refractivity (Wildman–Crippen MR) is 140 cm³/mol. The van der Waals surface area contributed by atoms with Crippen molar-refractivity contribution >= 4 is 40.5 Å². The van der Waals surface area contributed by atoms with Crippen LogP contribution in [0, 0.1) is 33.1 Å². The number of piperazine rings is 1. The molecule has 1 aromatic carbocycles. The summed E-state index contributed by atoms with van der Waals surface area (Å²) in [6.07, 6.45) is 5.39. The molecular formula is C26H25ClN6O2S. The topological polar surface area (TPSA) is 83.7 Å². The normalized spacial score (nSPS) is 17.1. The molecule has 3 aromatic rings. The van der Waals surface area contributed by atoms with E-state index in [9.17, 15) is 9.59 Å². The number of aromatic nitrogens is 3. The number of rotatable bonds is 3. The average molecular weight is 521 g/mol. The SMILES string of the molecule is C#CC(=O)N1CCN(C(=O)C[C@@H]2N=C(c3ccc(Cl)cc3)c3c(sc(C)c3C)-n3c(C)nnc32)CC1. The van der Waals surface area contributed by atoms with Gasteiger partial charge in [-0.05, 0) is 44.4 Å². The molecule has 8 nitrogen and oxygen atoms in total. The molecule has 0 radical (unpaired) electrons. The summed E-state index contributed by atoms with van der Waals surface area (Å²) in [4.78, 5) is 34.9. The number of hydrogen-bond acceptors (Lipinski definition) is 6. The zero-order valence-electron chi connectivity index (χ0n) is 20.3. The van der Waals surface area contributed by atoms with Crippen molar-refractivity contribution in [3.05, 3.63) is 62.5 Å². The first kappa shape index (κ1) is 24.2. The molecular weight excluding hydrogens is 496 g/mol. The Morgan fingerprint density at radius 1 is 1.08 bits per heavy atom. The summed E-state index contributed by atoms with van der Waals surface area (Å²) in [7, 11) is 0. The van der Waals surface area contributed by atoms with Crippen molar-refractivity contribution in [1.29, 1.82) is 0 Å². The van der Waals surface area contributed by atoms with Gasteiger partial charge in [-0.2, -0.15) is 0 Å². The molecule has 4 heterocycles. The van der Waals surface area contributed by atoms with Gasteiger partial charge in [0.25, 0.3) is 5.91 Å². The zero-order chi connectivity index (χ0) is 25.6. The van der Waals surface area contributed by atoms with Gasteiger partial charge < -0.3 is 9.80 Å². The van der Waals surface area contributed by atoms with Crippen LogP contribution in [0.3, 0.4) is 0 Å². The Morgan fingerprint density at radius 2 is 1.75 bits per heavy atom. The Hall–Kier alpha value is -3.48. The van der Waals surface area contributed by atoms with Crippen molar-refractivity contribution < 1.29 is 9.59 Å². The quantitative estimate of drug-likeness (QED) is 0.495. The smallest absolute Gasteiger partial charge is 0.298 e. The Bertz CT molecular complexity index is 1420. The number of carbonyl (C=O) groups is 2. The maximum absolute atomic E-state index is 13.4. The van der Waals surface area contributed by atoms with E-state index in [0.29, 0.717) is 37.0 Å². The molecule has 36 heavy (non-hydrogen) atoms. The van der Waals surface area contributed by atoms with Crippen LogP contribution in [0.25, 0.3) is 5.00 Å². The summed E-state index contributed by atoms with van der Waals surface area (Å²) in [6, 6.07) is 7.09. The Balaban J connectivity index is 1.53. The molecule has 5 rings (SSSR count). The van der Waals surface area contributed by atoms with Crippen molar-refractivity contribution in [2.45, 2.75) is 33.2 Å². The lowest BCUT2D eigenvalue weighted by Gasteiger charge is -2.34. The number of hydrogen-bond donors (Lipinski definition) is 0. The number of aliphatic imine (C=N–C) groups is 1. The van der Waals surface area contributed by atoms with E-state index in [1.54, 1.807) is 21.1 Å². The molecule has 10 heteroatoms. The monoisotopic (exact) mass is 520 g/mol. The second kappa shape index (κ2) is 9.52. The van der Waals surface area contributed by atoms with Gasteiger partial charge in [0.05, 0.1) is 12.1 Å². The van der Waals surface area contributed by atoms with Gasteiger partial charge in [0, 0.05) is 47.2 Å². The first-order valence-electron chi connectivity index (χ1n) is 11.7. The molecule has 0 spiro atoms. The number of carbonyl (C=O) groups excluding carboxylic acids is 2. The number of halogens is 1. The lowest BCUT2D eigenvalue weighted by Crippen LogP contribution is -2.50. The Morgan fingerprint density at radius 3 is 2.42 bits per heavy atom. The first-order chi connectivity index (χ1) is 17.3. The van der Waals surface area contributed by atoms with E-state index in [2.05, 4.69) is 30.0 Å². The fraction of sp³-hybridized carbons (Fsp3) is 0.346. The Kier molecular flexibility index (Phi) is 6.41. The molecule has 0 N–H and O–H groups in total. The molecule has 1 atom stereocenters. The van der Waals surface area contributed by atoms with E-state index < -0.39 is 6.04 Å². The second-order valence-corrected chi connectivity index (χ2v) is 10.6. The number of aryl methyl sites for hydroxylation is 2. The van der Waals surface area contributed by atoms with Crippen LogP contribution in [0.4, 0.5) is 0 Å². The molecule has 1 fully saturated rings. The summed E-state index contributed by atoms with van der Waals surface area (Å²) in [5.41, 5.74) is 3.91. The molecule has 0 saturated carbocycles. The van der Waals surface area contributed by atoms with E-state index in [0.717, 1.165) is 33.2 Å². The van der Waals surface area contributed by atoms with Crippen LogP contribution in [0.15, 0.2) is 29.3 Å². The maximum atomic E-state index is 13.4. The summed E-state index contributed by atoms with van der Waals surface area (Å²) in [6.45, 7) is 7.82. The van der Waals surface area contributed by atoms with Gasteiger partial charge in [-0.1, -0.05) is 23.7 Å².